The Kier molecular flexibility index (Phi) is 2.00. The number of halogens is 1. The van der Waals surface area contributed by atoms with Crippen LogP contribution in [0.3, 0.4) is 0 Å². The molecule has 0 aliphatic carbocycles. The maximum atomic E-state index is 4.25. The number of hydrogen-bond donors (Lipinski definition) is 0. The molecule has 4 heteroatoms. The molecule has 64 valence electrons. The molecule has 0 atom stereocenters. The fraction of sp³-hybridized carbons (Fsp3) is 0.500. The van der Waals surface area contributed by atoms with E-state index in [1.807, 2.05) is 0 Å². The molecule has 0 amide bonds. The average Bonchev–Trinajstić information content (AvgIpc) is 2.04. The number of anilines is 1. The van der Waals surface area contributed by atoms with E-state index in [9.17, 15) is 0 Å². The Labute approximate surface area is 80.0 Å². The first-order valence-electron chi connectivity index (χ1n) is 3.99. The summed E-state index contributed by atoms with van der Waals surface area (Å²) in [6, 6.07) is 0. The third-order valence-corrected chi connectivity index (χ3v) is 2.72. The zero-order valence-corrected chi connectivity index (χ0v) is 8.50. The van der Waals surface area contributed by atoms with E-state index in [4.69, 9.17) is 0 Å². The fourth-order valence-corrected chi connectivity index (χ4v) is 2.17. The number of fused-ring (bicyclic) bond motifs is 1. The summed E-state index contributed by atoms with van der Waals surface area (Å²) in [6.07, 6.45) is 3.87. The molecule has 0 bridgehead atoms. The van der Waals surface area contributed by atoms with Gasteiger partial charge in [-0.05, 0) is 28.8 Å². The number of aryl methyl sites for hydroxylation is 1. The number of nitrogens with zero attached hydrogens (tertiary/aromatic N) is 3. The Morgan fingerprint density at radius 2 is 2.33 bits per heavy atom. The highest BCUT2D eigenvalue weighted by molar-refractivity contribution is 9.10. The van der Waals surface area contributed by atoms with Crippen LogP contribution in [-0.4, -0.2) is 23.6 Å². The van der Waals surface area contributed by atoms with Gasteiger partial charge in [0.1, 0.15) is 10.9 Å². The highest BCUT2D eigenvalue weighted by Gasteiger charge is 2.17. The molecule has 12 heavy (non-hydrogen) atoms. The topological polar surface area (TPSA) is 29.0 Å². The summed E-state index contributed by atoms with van der Waals surface area (Å²) in [4.78, 5) is 10.6. The van der Waals surface area contributed by atoms with Gasteiger partial charge in [-0.15, -0.1) is 0 Å². The van der Waals surface area contributed by atoms with Gasteiger partial charge in [-0.1, -0.05) is 0 Å². The van der Waals surface area contributed by atoms with Gasteiger partial charge in [-0.3, -0.25) is 0 Å². The minimum Gasteiger partial charge on any atom is -0.371 e. The fourth-order valence-electron chi connectivity index (χ4n) is 1.55. The van der Waals surface area contributed by atoms with E-state index in [1.165, 1.54) is 6.42 Å². The Morgan fingerprint density at radius 1 is 1.50 bits per heavy atom. The second-order valence-electron chi connectivity index (χ2n) is 2.98. The minimum absolute atomic E-state index is 0.912. The smallest absolute Gasteiger partial charge is 0.133 e. The van der Waals surface area contributed by atoms with Crippen molar-refractivity contribution < 1.29 is 0 Å². The average molecular weight is 228 g/mol. The van der Waals surface area contributed by atoms with Crippen LogP contribution in [0.1, 0.15) is 12.1 Å². The Balaban J connectivity index is 2.53. The number of hydrogen-bond acceptors (Lipinski definition) is 3. The molecule has 1 aliphatic rings. The van der Waals surface area contributed by atoms with Crippen LogP contribution in [0.4, 0.5) is 5.69 Å². The molecule has 0 saturated carbocycles. The van der Waals surface area contributed by atoms with E-state index in [-0.39, 0.29) is 0 Å². The highest BCUT2D eigenvalue weighted by atomic mass is 79.9. The van der Waals surface area contributed by atoms with Crippen molar-refractivity contribution in [1.29, 1.82) is 0 Å². The van der Waals surface area contributed by atoms with Crippen LogP contribution in [0.15, 0.2) is 10.9 Å². The van der Waals surface area contributed by atoms with Gasteiger partial charge in [0.05, 0.1) is 11.4 Å². The lowest BCUT2D eigenvalue weighted by Crippen LogP contribution is -2.26. The molecule has 1 aromatic heterocycles. The second-order valence-corrected chi connectivity index (χ2v) is 3.74. The van der Waals surface area contributed by atoms with E-state index >= 15 is 0 Å². The van der Waals surface area contributed by atoms with E-state index in [1.54, 1.807) is 6.33 Å². The minimum atomic E-state index is 0.912. The molecule has 1 aromatic rings. The SMILES string of the molecule is CN1CCCc2ncnc(Br)c21. The Morgan fingerprint density at radius 3 is 3.08 bits per heavy atom. The number of aromatic nitrogens is 2. The summed E-state index contributed by atoms with van der Waals surface area (Å²) in [5.74, 6) is 0. The normalized spacial score (nSPS) is 16.0. The van der Waals surface area contributed by atoms with Crippen molar-refractivity contribution in [2.75, 3.05) is 18.5 Å². The molecule has 3 nitrogen and oxygen atoms in total. The third kappa shape index (κ3) is 1.20. The zero-order valence-electron chi connectivity index (χ0n) is 6.92. The quantitative estimate of drug-likeness (QED) is 0.632. The molecule has 0 spiro atoms. The van der Waals surface area contributed by atoms with Crippen LogP contribution in [0, 0.1) is 0 Å². The van der Waals surface area contributed by atoms with Gasteiger partial charge in [0.15, 0.2) is 0 Å². The van der Waals surface area contributed by atoms with Crippen molar-refractivity contribution in [1.82, 2.24) is 9.97 Å². The molecule has 2 rings (SSSR count). The second kappa shape index (κ2) is 3.01. The van der Waals surface area contributed by atoms with Gasteiger partial charge in [-0.2, -0.15) is 0 Å². The van der Waals surface area contributed by atoms with Crippen LogP contribution >= 0.6 is 15.9 Å². The van der Waals surface area contributed by atoms with Gasteiger partial charge in [-0.25, -0.2) is 9.97 Å². The lowest BCUT2D eigenvalue weighted by atomic mass is 10.1. The van der Waals surface area contributed by atoms with Gasteiger partial charge >= 0.3 is 0 Å². The lowest BCUT2D eigenvalue weighted by molar-refractivity contribution is 0.716. The van der Waals surface area contributed by atoms with Gasteiger partial charge in [0.25, 0.3) is 0 Å². The summed E-state index contributed by atoms with van der Waals surface area (Å²) in [6.45, 7) is 1.10. The first-order chi connectivity index (χ1) is 5.79. The summed E-state index contributed by atoms with van der Waals surface area (Å²) < 4.78 is 0.912. The first-order valence-corrected chi connectivity index (χ1v) is 4.79. The molecule has 0 radical (unpaired) electrons. The Bertz CT molecular complexity index is 300. The lowest BCUT2D eigenvalue weighted by Gasteiger charge is -2.26. The van der Waals surface area contributed by atoms with Crippen LogP contribution < -0.4 is 4.90 Å². The predicted octanol–water partition coefficient (Wildman–Crippen LogP) is 1.62. The van der Waals surface area contributed by atoms with Crippen LogP contribution in [0.2, 0.25) is 0 Å². The zero-order chi connectivity index (χ0) is 8.55. The Hall–Kier alpha value is -0.640. The van der Waals surface area contributed by atoms with Crippen molar-refractivity contribution in [3.05, 3.63) is 16.6 Å². The molecular weight excluding hydrogens is 218 g/mol. The standard InChI is InChI=1S/C8H10BrN3/c1-12-4-2-3-6-7(12)8(9)11-5-10-6/h5H,2-4H2,1H3. The van der Waals surface area contributed by atoms with Crippen molar-refractivity contribution in [3.63, 3.8) is 0 Å². The molecule has 0 aromatic carbocycles. The van der Waals surface area contributed by atoms with Gasteiger partial charge in [0, 0.05) is 13.6 Å². The molecule has 0 unspecified atom stereocenters. The molecular formula is C8H10BrN3. The van der Waals surface area contributed by atoms with Gasteiger partial charge in [0.2, 0.25) is 0 Å². The summed E-state index contributed by atoms with van der Waals surface area (Å²) >= 11 is 3.43. The number of rotatable bonds is 0. The van der Waals surface area contributed by atoms with E-state index < -0.39 is 0 Å². The maximum absolute atomic E-state index is 4.25. The van der Waals surface area contributed by atoms with Crippen LogP contribution in [0.25, 0.3) is 0 Å². The van der Waals surface area contributed by atoms with E-state index in [2.05, 4.69) is 37.8 Å². The van der Waals surface area contributed by atoms with E-state index in [0.717, 1.165) is 29.0 Å². The maximum Gasteiger partial charge on any atom is 0.133 e. The molecule has 1 aliphatic heterocycles. The molecule has 2 heterocycles. The largest absolute Gasteiger partial charge is 0.371 e. The summed E-state index contributed by atoms with van der Waals surface area (Å²) in [7, 11) is 2.08. The van der Waals surface area contributed by atoms with E-state index in [0.29, 0.717) is 0 Å². The van der Waals surface area contributed by atoms with Crippen LogP contribution in [0.5, 0.6) is 0 Å². The molecule has 0 fully saturated rings. The van der Waals surface area contributed by atoms with Gasteiger partial charge < -0.3 is 4.90 Å². The summed E-state index contributed by atoms with van der Waals surface area (Å²) in [5, 5.41) is 0. The molecule has 0 N–H and O–H groups in total. The highest BCUT2D eigenvalue weighted by Crippen LogP contribution is 2.29. The van der Waals surface area contributed by atoms with Crippen molar-refractivity contribution in [2.24, 2.45) is 0 Å². The van der Waals surface area contributed by atoms with Crippen molar-refractivity contribution in [3.8, 4) is 0 Å². The van der Waals surface area contributed by atoms with Crippen LogP contribution in [-0.2, 0) is 6.42 Å². The monoisotopic (exact) mass is 227 g/mol. The van der Waals surface area contributed by atoms with Crippen molar-refractivity contribution in [2.45, 2.75) is 12.8 Å². The molecule has 0 saturated heterocycles. The third-order valence-electron chi connectivity index (χ3n) is 2.14. The van der Waals surface area contributed by atoms with Crippen molar-refractivity contribution >= 4 is 21.6 Å². The summed E-state index contributed by atoms with van der Waals surface area (Å²) in [5.41, 5.74) is 2.31. The first kappa shape index (κ1) is 7.98. The predicted molar refractivity (Wildman–Crippen MR) is 51.3 cm³/mol.